The summed E-state index contributed by atoms with van der Waals surface area (Å²) in [7, 11) is 2.00. The molecule has 108 valence electrons. The van der Waals surface area contributed by atoms with Crippen LogP contribution in [0.15, 0.2) is 12.1 Å². The number of hydrogen-bond donors (Lipinski definition) is 1. The molecule has 3 nitrogen and oxygen atoms in total. The Morgan fingerprint density at radius 3 is 2.05 bits per heavy atom. The molecule has 0 aliphatic rings. The number of rotatable bonds is 3. The Morgan fingerprint density at radius 1 is 1.05 bits per heavy atom. The van der Waals surface area contributed by atoms with E-state index < -0.39 is 0 Å². The van der Waals surface area contributed by atoms with Crippen molar-refractivity contribution in [3.63, 3.8) is 0 Å². The first-order valence-corrected chi connectivity index (χ1v) is 7.15. The van der Waals surface area contributed by atoms with Gasteiger partial charge in [0.2, 0.25) is 0 Å². The van der Waals surface area contributed by atoms with Crippen LogP contribution in [0.25, 0.3) is 0 Å². The highest BCUT2D eigenvalue weighted by atomic mass is 15.3. The minimum absolute atomic E-state index is 0.204. The molecule has 0 spiro atoms. The van der Waals surface area contributed by atoms with Crippen molar-refractivity contribution in [2.45, 2.75) is 47.6 Å². The minimum atomic E-state index is 0.204. The van der Waals surface area contributed by atoms with Gasteiger partial charge in [0, 0.05) is 18.4 Å². The van der Waals surface area contributed by atoms with Gasteiger partial charge >= 0.3 is 0 Å². The summed E-state index contributed by atoms with van der Waals surface area (Å²) >= 11 is 0. The van der Waals surface area contributed by atoms with Crippen LogP contribution in [-0.4, -0.2) is 9.78 Å². The number of nitrogens with one attached hydrogen (secondary N) is 1. The Balaban J connectivity index is 2.32. The first kappa shape index (κ1) is 14.6. The van der Waals surface area contributed by atoms with Gasteiger partial charge in [0.05, 0.1) is 11.7 Å². The second-order valence-electron chi connectivity index (χ2n) is 5.86. The van der Waals surface area contributed by atoms with Gasteiger partial charge in [-0.15, -0.1) is 0 Å². The van der Waals surface area contributed by atoms with E-state index in [9.17, 15) is 0 Å². The highest BCUT2D eigenvalue weighted by molar-refractivity contribution is 5.59. The maximum atomic E-state index is 4.64. The predicted molar refractivity (Wildman–Crippen MR) is 85.4 cm³/mol. The smallest absolute Gasteiger partial charge is 0.0875 e. The number of nitrogens with zero attached hydrogens (tertiary/aromatic N) is 2. The van der Waals surface area contributed by atoms with Crippen LogP contribution in [0.5, 0.6) is 0 Å². The van der Waals surface area contributed by atoms with E-state index in [4.69, 9.17) is 0 Å². The van der Waals surface area contributed by atoms with Gasteiger partial charge in [0.1, 0.15) is 0 Å². The lowest BCUT2D eigenvalue weighted by Gasteiger charge is -2.19. The molecule has 0 aliphatic heterocycles. The molecule has 2 aromatic rings. The van der Waals surface area contributed by atoms with E-state index in [0.717, 1.165) is 5.69 Å². The quantitative estimate of drug-likeness (QED) is 0.909. The fraction of sp³-hybridized carbons (Fsp3) is 0.471. The van der Waals surface area contributed by atoms with Crippen molar-refractivity contribution < 1.29 is 0 Å². The maximum Gasteiger partial charge on any atom is 0.0875 e. The van der Waals surface area contributed by atoms with Crippen molar-refractivity contribution in [1.29, 1.82) is 0 Å². The molecule has 1 unspecified atom stereocenters. The zero-order chi connectivity index (χ0) is 15.0. The summed E-state index contributed by atoms with van der Waals surface area (Å²) in [4.78, 5) is 0. The summed E-state index contributed by atoms with van der Waals surface area (Å²) in [5, 5.41) is 8.26. The highest BCUT2D eigenvalue weighted by Crippen LogP contribution is 2.28. The van der Waals surface area contributed by atoms with Crippen LogP contribution >= 0.6 is 0 Å². The van der Waals surface area contributed by atoms with E-state index in [1.54, 1.807) is 0 Å². The molecule has 3 heteroatoms. The van der Waals surface area contributed by atoms with Gasteiger partial charge in [-0.25, -0.2) is 0 Å². The predicted octanol–water partition coefficient (Wildman–Crippen LogP) is 4.14. The largest absolute Gasteiger partial charge is 0.376 e. The Bertz CT molecular complexity index is 615. The van der Waals surface area contributed by atoms with Crippen LogP contribution in [0, 0.1) is 34.6 Å². The molecule has 0 radical (unpaired) electrons. The molecule has 1 aromatic heterocycles. The zero-order valence-electron chi connectivity index (χ0n) is 13.6. The number of aryl methyl sites for hydroxylation is 4. The fourth-order valence-electron chi connectivity index (χ4n) is 2.84. The third-order valence-electron chi connectivity index (χ3n) is 4.12. The topological polar surface area (TPSA) is 29.9 Å². The van der Waals surface area contributed by atoms with Gasteiger partial charge < -0.3 is 5.32 Å². The number of aromatic nitrogens is 2. The van der Waals surface area contributed by atoms with Crippen LogP contribution in [0.2, 0.25) is 0 Å². The Labute approximate surface area is 122 Å². The van der Waals surface area contributed by atoms with Gasteiger partial charge in [-0.05, 0) is 58.2 Å². The van der Waals surface area contributed by atoms with Crippen molar-refractivity contribution >= 4 is 5.69 Å². The molecule has 2 rings (SSSR count). The molecule has 0 bridgehead atoms. The summed E-state index contributed by atoms with van der Waals surface area (Å²) in [6.45, 7) is 12.9. The third kappa shape index (κ3) is 2.58. The Morgan fingerprint density at radius 2 is 1.60 bits per heavy atom. The minimum Gasteiger partial charge on any atom is -0.376 e. The van der Waals surface area contributed by atoms with Crippen LogP contribution in [0.3, 0.4) is 0 Å². The summed E-state index contributed by atoms with van der Waals surface area (Å²) in [5.74, 6) is 0. The molecule has 1 aromatic carbocycles. The molecule has 20 heavy (non-hydrogen) atoms. The van der Waals surface area contributed by atoms with Gasteiger partial charge in [-0.1, -0.05) is 17.7 Å². The molecule has 0 fully saturated rings. The van der Waals surface area contributed by atoms with E-state index in [0.29, 0.717) is 0 Å². The SMILES string of the molecule is Cc1cc(C)c(NC(C)c2nn(C)c(C)c2C)c(C)c1. The van der Waals surface area contributed by atoms with Gasteiger partial charge in [-0.2, -0.15) is 5.10 Å². The summed E-state index contributed by atoms with van der Waals surface area (Å²) in [6, 6.07) is 4.65. The van der Waals surface area contributed by atoms with Crippen LogP contribution in [0.4, 0.5) is 5.69 Å². The van der Waals surface area contributed by atoms with E-state index in [-0.39, 0.29) is 6.04 Å². The van der Waals surface area contributed by atoms with Crippen molar-refractivity contribution in [1.82, 2.24) is 9.78 Å². The lowest BCUT2D eigenvalue weighted by atomic mass is 10.0. The second-order valence-corrected chi connectivity index (χ2v) is 5.86. The zero-order valence-corrected chi connectivity index (χ0v) is 13.6. The normalized spacial score (nSPS) is 12.6. The monoisotopic (exact) mass is 271 g/mol. The molecule has 0 amide bonds. The van der Waals surface area contributed by atoms with Crippen molar-refractivity contribution in [3.8, 4) is 0 Å². The third-order valence-corrected chi connectivity index (χ3v) is 4.12. The lowest BCUT2D eigenvalue weighted by Crippen LogP contribution is -2.11. The van der Waals surface area contributed by atoms with Crippen molar-refractivity contribution in [3.05, 3.63) is 45.8 Å². The summed E-state index contributed by atoms with van der Waals surface area (Å²) in [6.07, 6.45) is 0. The summed E-state index contributed by atoms with van der Waals surface area (Å²) in [5.41, 5.74) is 8.75. The average molecular weight is 271 g/mol. The van der Waals surface area contributed by atoms with E-state index in [2.05, 4.69) is 64.1 Å². The molecule has 1 N–H and O–H groups in total. The molecule has 1 heterocycles. The van der Waals surface area contributed by atoms with Gasteiger partial charge in [-0.3, -0.25) is 4.68 Å². The molecular weight excluding hydrogens is 246 g/mol. The molecular formula is C17H25N3. The number of anilines is 1. The first-order chi connectivity index (χ1) is 9.31. The van der Waals surface area contributed by atoms with E-state index in [1.807, 2.05) is 11.7 Å². The number of benzene rings is 1. The Hall–Kier alpha value is -1.77. The molecule has 0 saturated carbocycles. The Kier molecular flexibility index (Phi) is 3.89. The lowest BCUT2D eigenvalue weighted by molar-refractivity contribution is 0.702. The molecule has 1 atom stereocenters. The molecule has 0 saturated heterocycles. The van der Waals surface area contributed by atoms with Crippen LogP contribution < -0.4 is 5.32 Å². The standard InChI is InChI=1S/C17H25N3/c1-10-8-11(2)16(12(3)9-10)18-14(5)17-13(4)15(6)20(7)19-17/h8-9,14,18H,1-7H3. The second kappa shape index (κ2) is 5.31. The fourth-order valence-corrected chi connectivity index (χ4v) is 2.84. The van der Waals surface area contributed by atoms with Gasteiger partial charge in [0.15, 0.2) is 0 Å². The first-order valence-electron chi connectivity index (χ1n) is 7.15. The van der Waals surface area contributed by atoms with E-state index in [1.165, 1.54) is 33.6 Å². The van der Waals surface area contributed by atoms with Crippen molar-refractivity contribution in [2.75, 3.05) is 5.32 Å². The number of hydrogen-bond acceptors (Lipinski definition) is 2. The average Bonchev–Trinajstić information content (AvgIpc) is 2.61. The van der Waals surface area contributed by atoms with E-state index >= 15 is 0 Å². The van der Waals surface area contributed by atoms with Gasteiger partial charge in [0.25, 0.3) is 0 Å². The van der Waals surface area contributed by atoms with Crippen molar-refractivity contribution in [2.24, 2.45) is 7.05 Å². The summed E-state index contributed by atoms with van der Waals surface area (Å²) < 4.78 is 1.96. The highest BCUT2D eigenvalue weighted by Gasteiger charge is 2.16. The maximum absolute atomic E-state index is 4.64. The van der Waals surface area contributed by atoms with Crippen LogP contribution in [-0.2, 0) is 7.05 Å². The molecule has 0 aliphatic carbocycles. The van der Waals surface area contributed by atoms with Crippen LogP contribution in [0.1, 0.15) is 46.6 Å².